The van der Waals surface area contributed by atoms with Gasteiger partial charge in [0.1, 0.15) is 0 Å². The number of ketones is 2. The molecule has 0 aromatic heterocycles. The lowest BCUT2D eigenvalue weighted by molar-refractivity contribution is -0.127. The number of hydrogen-bond acceptors (Lipinski definition) is 7. The van der Waals surface area contributed by atoms with Gasteiger partial charge in [-0.25, -0.2) is 4.90 Å². The van der Waals surface area contributed by atoms with E-state index in [1.807, 2.05) is 0 Å². The predicted octanol–water partition coefficient (Wildman–Crippen LogP) is 4.05. The van der Waals surface area contributed by atoms with Gasteiger partial charge in [-0.2, -0.15) is 0 Å². The maximum Gasteiger partial charge on any atom is 0.241 e. The number of hydrogen-bond donors (Lipinski definition) is 0. The van der Waals surface area contributed by atoms with Crippen LogP contribution in [0.5, 0.6) is 11.5 Å². The zero-order chi connectivity index (χ0) is 26.1. The van der Waals surface area contributed by atoms with E-state index in [2.05, 4.69) is 0 Å². The number of imide groups is 1. The van der Waals surface area contributed by atoms with E-state index in [1.165, 1.54) is 32.4 Å². The molecule has 8 nitrogen and oxygen atoms in total. The van der Waals surface area contributed by atoms with Gasteiger partial charge < -0.3 is 14.2 Å². The first kappa shape index (κ1) is 23.4. The third-order valence-corrected chi connectivity index (χ3v) is 7.59. The molecule has 1 spiro atoms. The third-order valence-electron chi connectivity index (χ3n) is 7.34. The van der Waals surface area contributed by atoms with Crippen LogP contribution in [0.15, 0.2) is 66.7 Å². The summed E-state index contributed by atoms with van der Waals surface area (Å²) in [5, 5.41) is 0.467. The number of rotatable bonds is 4. The molecule has 2 amide bonds. The molecule has 186 valence electrons. The van der Waals surface area contributed by atoms with Crippen LogP contribution >= 0.6 is 11.6 Å². The Morgan fingerprint density at radius 2 is 1.43 bits per heavy atom. The number of ether oxygens (including phenoxy) is 3. The molecule has 3 aliphatic rings. The maximum absolute atomic E-state index is 14.0. The summed E-state index contributed by atoms with van der Waals surface area (Å²) in [4.78, 5) is 56.6. The van der Waals surface area contributed by atoms with Crippen molar-refractivity contribution in [1.29, 1.82) is 0 Å². The van der Waals surface area contributed by atoms with Gasteiger partial charge in [-0.15, -0.1) is 0 Å². The number of methoxy groups -OCH3 is 2. The topological polar surface area (TPSA) is 99.2 Å². The number of Topliss-reactive ketones (excluding diaryl/α,β-unsaturated/α-hetero) is 2. The van der Waals surface area contributed by atoms with Gasteiger partial charge in [0.2, 0.25) is 29.0 Å². The van der Waals surface area contributed by atoms with E-state index in [9.17, 15) is 19.2 Å². The number of amides is 2. The smallest absolute Gasteiger partial charge is 0.241 e. The Bertz CT molecular complexity index is 1460. The number of halogens is 1. The molecule has 2 heterocycles. The third kappa shape index (κ3) is 3.06. The average molecular weight is 518 g/mol. The van der Waals surface area contributed by atoms with E-state index in [4.69, 9.17) is 25.8 Å². The fourth-order valence-corrected chi connectivity index (χ4v) is 5.82. The van der Waals surface area contributed by atoms with Crippen molar-refractivity contribution >= 4 is 40.7 Å². The van der Waals surface area contributed by atoms with Crippen LogP contribution in [0, 0.1) is 11.8 Å². The lowest BCUT2D eigenvalue weighted by Crippen LogP contribution is -2.51. The number of benzene rings is 3. The Balaban J connectivity index is 1.52. The van der Waals surface area contributed by atoms with Crippen LogP contribution in [0.1, 0.15) is 32.4 Å². The van der Waals surface area contributed by atoms with Crippen LogP contribution in [0.2, 0.25) is 5.02 Å². The summed E-state index contributed by atoms with van der Waals surface area (Å²) >= 11 is 6.07. The van der Waals surface area contributed by atoms with Crippen LogP contribution < -0.4 is 14.4 Å². The maximum atomic E-state index is 14.0. The molecule has 3 aromatic rings. The molecular formula is C28H20ClNO7. The SMILES string of the molecule is COc1ccc(N2C(=O)[C@H]3[C@@H](c4ccc(Cl)cc4)OC4(C(=O)c5ccccc5C4=O)[C@H]3C2=O)cc1OC. The van der Waals surface area contributed by atoms with Crippen molar-refractivity contribution in [3.8, 4) is 11.5 Å². The second-order valence-electron chi connectivity index (χ2n) is 9.08. The van der Waals surface area contributed by atoms with E-state index in [0.29, 0.717) is 22.1 Å². The molecule has 0 unspecified atom stereocenters. The van der Waals surface area contributed by atoms with E-state index < -0.39 is 46.9 Å². The summed E-state index contributed by atoms with van der Waals surface area (Å²) in [6.07, 6.45) is -1.02. The summed E-state index contributed by atoms with van der Waals surface area (Å²) in [6, 6.07) is 17.6. The molecule has 3 atom stereocenters. The highest BCUT2D eigenvalue weighted by molar-refractivity contribution is 6.37. The number of anilines is 1. The van der Waals surface area contributed by atoms with Crippen LogP contribution in [0.3, 0.4) is 0 Å². The molecule has 3 aromatic carbocycles. The van der Waals surface area contributed by atoms with E-state index >= 15 is 0 Å². The molecule has 0 N–H and O–H groups in total. The van der Waals surface area contributed by atoms with Crippen molar-refractivity contribution in [2.75, 3.05) is 19.1 Å². The number of nitrogens with zero attached hydrogens (tertiary/aromatic N) is 1. The molecule has 1 aliphatic carbocycles. The Hall–Kier alpha value is -4.01. The Labute approximate surface area is 216 Å². The highest BCUT2D eigenvalue weighted by atomic mass is 35.5. The van der Waals surface area contributed by atoms with Gasteiger partial charge in [0.05, 0.1) is 37.8 Å². The van der Waals surface area contributed by atoms with Crippen molar-refractivity contribution in [3.05, 3.63) is 88.4 Å². The standard InChI is InChI=1S/C28H20ClNO7/c1-35-19-12-11-16(13-20(19)36-2)30-26(33)21-22(27(30)34)28(37-23(21)14-7-9-15(29)10-8-14)24(31)17-5-3-4-6-18(17)25(28)32/h3-13,21-23H,1-2H3/t21-,22-,23-/m1/s1. The highest BCUT2D eigenvalue weighted by Gasteiger charge is 2.74. The van der Waals surface area contributed by atoms with Crippen molar-refractivity contribution in [3.63, 3.8) is 0 Å². The van der Waals surface area contributed by atoms with Crippen molar-refractivity contribution in [2.45, 2.75) is 11.7 Å². The fraction of sp³-hybridized carbons (Fsp3) is 0.214. The minimum atomic E-state index is -2.14. The van der Waals surface area contributed by atoms with Gasteiger partial charge in [-0.1, -0.05) is 48.0 Å². The molecule has 0 bridgehead atoms. The van der Waals surface area contributed by atoms with Crippen LogP contribution in [0.4, 0.5) is 5.69 Å². The Morgan fingerprint density at radius 1 is 0.811 bits per heavy atom. The first-order chi connectivity index (χ1) is 17.8. The molecule has 0 saturated carbocycles. The molecule has 2 fully saturated rings. The lowest BCUT2D eigenvalue weighted by Gasteiger charge is -2.27. The summed E-state index contributed by atoms with van der Waals surface area (Å²) < 4.78 is 16.9. The summed E-state index contributed by atoms with van der Waals surface area (Å²) in [5.41, 5.74) is -1.03. The fourth-order valence-electron chi connectivity index (χ4n) is 5.69. The second-order valence-corrected chi connectivity index (χ2v) is 9.52. The Morgan fingerprint density at radius 3 is 2.03 bits per heavy atom. The van der Waals surface area contributed by atoms with Crippen LogP contribution in [-0.4, -0.2) is 43.2 Å². The van der Waals surface area contributed by atoms with Crippen molar-refractivity contribution in [1.82, 2.24) is 0 Å². The minimum absolute atomic E-state index is 0.174. The van der Waals surface area contributed by atoms with Crippen molar-refractivity contribution in [2.24, 2.45) is 11.8 Å². The number of carbonyl (C=O) groups excluding carboxylic acids is 4. The molecule has 37 heavy (non-hydrogen) atoms. The molecular weight excluding hydrogens is 498 g/mol. The predicted molar refractivity (Wildman–Crippen MR) is 132 cm³/mol. The highest BCUT2D eigenvalue weighted by Crippen LogP contribution is 2.58. The van der Waals surface area contributed by atoms with Gasteiger partial charge in [0.15, 0.2) is 11.5 Å². The lowest BCUT2D eigenvalue weighted by atomic mass is 9.77. The molecule has 9 heteroatoms. The van der Waals surface area contributed by atoms with E-state index in [-0.39, 0.29) is 16.8 Å². The van der Waals surface area contributed by atoms with Crippen molar-refractivity contribution < 1.29 is 33.4 Å². The average Bonchev–Trinajstić information content (AvgIpc) is 3.48. The van der Waals surface area contributed by atoms with Crippen LogP contribution in [0.25, 0.3) is 0 Å². The number of fused-ring (bicyclic) bond motifs is 3. The zero-order valence-corrected chi connectivity index (χ0v) is 20.5. The largest absolute Gasteiger partial charge is 0.493 e. The molecule has 2 saturated heterocycles. The summed E-state index contributed by atoms with van der Waals surface area (Å²) in [6.45, 7) is 0. The Kier molecular flexibility index (Phi) is 5.22. The van der Waals surface area contributed by atoms with E-state index in [0.717, 1.165) is 4.90 Å². The normalized spacial score (nSPS) is 23.5. The van der Waals surface area contributed by atoms with Gasteiger partial charge in [0, 0.05) is 22.2 Å². The minimum Gasteiger partial charge on any atom is -0.493 e. The monoisotopic (exact) mass is 517 g/mol. The van der Waals surface area contributed by atoms with Gasteiger partial charge >= 0.3 is 0 Å². The van der Waals surface area contributed by atoms with Crippen LogP contribution in [-0.2, 0) is 14.3 Å². The first-order valence-electron chi connectivity index (χ1n) is 11.5. The van der Waals surface area contributed by atoms with Gasteiger partial charge in [-0.05, 0) is 29.8 Å². The molecule has 6 rings (SSSR count). The molecule has 0 radical (unpaired) electrons. The van der Waals surface area contributed by atoms with Gasteiger partial charge in [-0.3, -0.25) is 19.2 Å². The van der Waals surface area contributed by atoms with Gasteiger partial charge in [0.25, 0.3) is 0 Å². The second kappa shape index (κ2) is 8.26. The first-order valence-corrected chi connectivity index (χ1v) is 11.9. The van der Waals surface area contributed by atoms with E-state index in [1.54, 1.807) is 48.5 Å². The number of carbonyl (C=O) groups is 4. The zero-order valence-electron chi connectivity index (χ0n) is 19.8. The summed E-state index contributed by atoms with van der Waals surface area (Å²) in [7, 11) is 2.91. The summed E-state index contributed by atoms with van der Waals surface area (Å²) in [5.74, 6) is -4.21. The molecule has 2 aliphatic heterocycles. The quantitative estimate of drug-likeness (QED) is 0.380.